The average molecular weight is 293 g/mol. The number of hydrogen-bond acceptors (Lipinski definition) is 2. The zero-order chi connectivity index (χ0) is 13.8. The number of aliphatic hydroxyl groups excluding tert-OH is 1. The number of halogens is 3. The van der Waals surface area contributed by atoms with Crippen molar-refractivity contribution < 1.29 is 13.9 Å². The molecule has 0 fully saturated rings. The van der Waals surface area contributed by atoms with Gasteiger partial charge in [-0.25, -0.2) is 0 Å². The third-order valence-electron chi connectivity index (χ3n) is 2.39. The molecule has 18 heavy (non-hydrogen) atoms. The Labute approximate surface area is 115 Å². The molecule has 1 nitrogen and oxygen atoms in total. The van der Waals surface area contributed by atoms with Crippen LogP contribution in [0.4, 0.5) is 8.78 Å². The first-order chi connectivity index (χ1) is 8.34. The van der Waals surface area contributed by atoms with Crippen LogP contribution in [0, 0.1) is 6.92 Å². The summed E-state index contributed by atoms with van der Waals surface area (Å²) in [5.74, 6) is 0. The molecule has 0 aromatic heterocycles. The molecule has 0 bridgehead atoms. The molecule has 0 spiro atoms. The van der Waals surface area contributed by atoms with Crippen LogP contribution in [0.1, 0.15) is 12.0 Å². The van der Waals surface area contributed by atoms with Crippen LogP contribution in [-0.2, 0) is 0 Å². The molecule has 0 saturated heterocycles. The quantitative estimate of drug-likeness (QED) is 0.481. The molecule has 1 N–H and O–H groups in total. The van der Waals surface area contributed by atoms with Crippen molar-refractivity contribution in [1.29, 1.82) is 0 Å². The van der Waals surface area contributed by atoms with E-state index >= 15 is 0 Å². The fourth-order valence-electron chi connectivity index (χ4n) is 1.41. The highest BCUT2D eigenvalue weighted by atomic mass is 35.5. The van der Waals surface area contributed by atoms with Crippen molar-refractivity contribution in [2.75, 3.05) is 0 Å². The van der Waals surface area contributed by atoms with Crippen LogP contribution in [0.5, 0.6) is 0 Å². The second-order valence-corrected chi connectivity index (χ2v) is 5.80. The van der Waals surface area contributed by atoms with Gasteiger partial charge < -0.3 is 5.11 Å². The number of hydrogen-bond donors (Lipinski definition) is 1. The number of rotatable bonds is 6. The molecule has 0 saturated carbocycles. The highest BCUT2D eigenvalue weighted by Gasteiger charge is 2.41. The summed E-state index contributed by atoms with van der Waals surface area (Å²) in [6, 6.07) is 7.43. The van der Waals surface area contributed by atoms with Gasteiger partial charge >= 0.3 is 5.38 Å². The molecule has 0 radical (unpaired) electrons. The molecule has 0 aliphatic carbocycles. The van der Waals surface area contributed by atoms with E-state index in [0.29, 0.717) is 0 Å². The number of aliphatic hydroxyl groups is 1. The molecular formula is C13H15ClF2OS. The maximum Gasteiger partial charge on any atom is 0.348 e. The Kier molecular flexibility index (Phi) is 5.63. The summed E-state index contributed by atoms with van der Waals surface area (Å²) in [5.41, 5.74) is 1.09. The van der Waals surface area contributed by atoms with Gasteiger partial charge in [-0.2, -0.15) is 8.78 Å². The van der Waals surface area contributed by atoms with Crippen molar-refractivity contribution in [1.82, 2.24) is 0 Å². The predicted octanol–water partition coefficient (Wildman–Crippen LogP) is 4.22. The van der Waals surface area contributed by atoms with Crippen molar-refractivity contribution in [2.24, 2.45) is 0 Å². The van der Waals surface area contributed by atoms with Crippen LogP contribution in [0.3, 0.4) is 0 Å². The van der Waals surface area contributed by atoms with Gasteiger partial charge in [0.25, 0.3) is 0 Å². The first-order valence-electron chi connectivity index (χ1n) is 5.43. The summed E-state index contributed by atoms with van der Waals surface area (Å²) in [6.07, 6.45) is -0.164. The van der Waals surface area contributed by atoms with E-state index in [1.807, 2.05) is 31.2 Å². The van der Waals surface area contributed by atoms with Gasteiger partial charge in [0.2, 0.25) is 0 Å². The zero-order valence-corrected chi connectivity index (χ0v) is 11.5. The zero-order valence-electron chi connectivity index (χ0n) is 9.95. The maximum atomic E-state index is 12.9. The second-order valence-electron chi connectivity index (χ2n) is 3.98. The van der Waals surface area contributed by atoms with Gasteiger partial charge in [-0.1, -0.05) is 23.8 Å². The summed E-state index contributed by atoms with van der Waals surface area (Å²) < 4.78 is 25.8. The van der Waals surface area contributed by atoms with E-state index < -0.39 is 16.7 Å². The van der Waals surface area contributed by atoms with Gasteiger partial charge in [-0.15, -0.1) is 18.3 Å². The largest absolute Gasteiger partial charge is 0.384 e. The number of benzene rings is 1. The standard InChI is InChI=1S/C13H15ClF2OS/c1-3-4-11(12(17)13(14,15)16)18-10-7-5-9(2)6-8-10/h3,5-8,11-12,17H,1,4H2,2H3/t11-,12-/m1/s1. The normalized spacial score (nSPS) is 15.2. The average Bonchev–Trinajstić information content (AvgIpc) is 2.29. The number of alkyl halides is 3. The van der Waals surface area contributed by atoms with Gasteiger partial charge in [-0.3, -0.25) is 0 Å². The lowest BCUT2D eigenvalue weighted by atomic mass is 10.2. The third-order valence-corrected chi connectivity index (χ3v) is 3.92. The third kappa shape index (κ3) is 4.59. The monoisotopic (exact) mass is 292 g/mol. The fraction of sp³-hybridized carbons (Fsp3) is 0.385. The van der Waals surface area contributed by atoms with Gasteiger partial charge in [0, 0.05) is 10.1 Å². The molecule has 0 unspecified atom stereocenters. The summed E-state index contributed by atoms with van der Waals surface area (Å²) in [4.78, 5) is 0.812. The Hall–Kier alpha value is -0.580. The van der Waals surface area contributed by atoms with E-state index in [1.165, 1.54) is 17.8 Å². The molecule has 0 amide bonds. The smallest absolute Gasteiger partial charge is 0.348 e. The van der Waals surface area contributed by atoms with Crippen molar-refractivity contribution >= 4 is 23.4 Å². The molecule has 1 rings (SSSR count). The lowest BCUT2D eigenvalue weighted by Gasteiger charge is -2.24. The van der Waals surface area contributed by atoms with Crippen LogP contribution < -0.4 is 0 Å². The van der Waals surface area contributed by atoms with Crippen molar-refractivity contribution in [3.63, 3.8) is 0 Å². The van der Waals surface area contributed by atoms with Crippen LogP contribution in [0.15, 0.2) is 41.8 Å². The minimum atomic E-state index is -3.63. The fourth-order valence-corrected chi connectivity index (χ4v) is 2.81. The number of thioether (sulfide) groups is 1. The van der Waals surface area contributed by atoms with E-state index in [2.05, 4.69) is 6.58 Å². The first kappa shape index (κ1) is 15.5. The first-order valence-corrected chi connectivity index (χ1v) is 6.69. The molecule has 0 aliphatic heterocycles. The maximum absolute atomic E-state index is 12.9. The second kappa shape index (κ2) is 6.55. The summed E-state index contributed by atoms with van der Waals surface area (Å²) in [5, 5.41) is 5.18. The van der Waals surface area contributed by atoms with Crippen LogP contribution in [0.25, 0.3) is 0 Å². The number of aryl methyl sites for hydroxylation is 1. The predicted molar refractivity (Wildman–Crippen MR) is 72.4 cm³/mol. The van der Waals surface area contributed by atoms with E-state index in [9.17, 15) is 13.9 Å². The van der Waals surface area contributed by atoms with Crippen molar-refractivity contribution in [3.8, 4) is 0 Å². The van der Waals surface area contributed by atoms with Gasteiger partial charge in [-0.05, 0) is 37.1 Å². The Morgan fingerprint density at radius 3 is 2.44 bits per heavy atom. The number of allylic oxidation sites excluding steroid dienone is 1. The molecule has 0 heterocycles. The molecule has 1 aromatic carbocycles. The Bertz CT molecular complexity index is 389. The molecule has 0 aliphatic rings. The minimum Gasteiger partial charge on any atom is -0.384 e. The molecule has 5 heteroatoms. The Balaban J connectivity index is 2.80. The highest BCUT2D eigenvalue weighted by Crippen LogP contribution is 2.36. The highest BCUT2D eigenvalue weighted by molar-refractivity contribution is 8.00. The van der Waals surface area contributed by atoms with E-state index in [-0.39, 0.29) is 6.42 Å². The minimum absolute atomic E-state index is 0.252. The van der Waals surface area contributed by atoms with Crippen LogP contribution >= 0.6 is 23.4 Å². The van der Waals surface area contributed by atoms with E-state index in [0.717, 1.165) is 10.5 Å². The summed E-state index contributed by atoms with van der Waals surface area (Å²) >= 11 is 6.05. The lowest BCUT2D eigenvalue weighted by Crippen LogP contribution is -2.36. The van der Waals surface area contributed by atoms with Gasteiger partial charge in [0.05, 0.1) is 0 Å². The lowest BCUT2D eigenvalue weighted by molar-refractivity contribution is -0.0404. The van der Waals surface area contributed by atoms with Gasteiger partial charge in [0.15, 0.2) is 0 Å². The van der Waals surface area contributed by atoms with E-state index in [1.54, 1.807) is 0 Å². The Morgan fingerprint density at radius 1 is 1.44 bits per heavy atom. The SMILES string of the molecule is C=CC[C@@H](Sc1ccc(C)cc1)[C@@H](O)C(F)(F)Cl. The summed E-state index contributed by atoms with van der Waals surface area (Å²) in [7, 11) is 0. The van der Waals surface area contributed by atoms with Crippen LogP contribution in [-0.4, -0.2) is 21.8 Å². The van der Waals surface area contributed by atoms with E-state index in [4.69, 9.17) is 11.6 Å². The van der Waals surface area contributed by atoms with Crippen molar-refractivity contribution in [2.45, 2.75) is 35.0 Å². The topological polar surface area (TPSA) is 20.2 Å². The molecular weight excluding hydrogens is 278 g/mol. The summed E-state index contributed by atoms with van der Waals surface area (Å²) in [6.45, 7) is 5.45. The van der Waals surface area contributed by atoms with Crippen molar-refractivity contribution in [3.05, 3.63) is 42.5 Å². The molecule has 1 aromatic rings. The van der Waals surface area contributed by atoms with Crippen LogP contribution in [0.2, 0.25) is 0 Å². The molecule has 2 atom stereocenters. The molecule has 100 valence electrons. The Morgan fingerprint density at radius 2 is 2.00 bits per heavy atom. The van der Waals surface area contributed by atoms with Gasteiger partial charge in [0.1, 0.15) is 6.10 Å².